The normalized spacial score (nSPS) is 10.9. The molecular weight excluding hydrogens is 470 g/mol. The average Bonchev–Trinajstić information content (AvgIpc) is 2.82. The molecule has 0 aliphatic heterocycles. The second kappa shape index (κ2) is 10.9. The lowest BCUT2D eigenvalue weighted by Gasteiger charge is -2.26. The van der Waals surface area contributed by atoms with E-state index in [1.807, 2.05) is 18.2 Å². The molecule has 184 valence electrons. The van der Waals surface area contributed by atoms with Crippen LogP contribution in [0.1, 0.15) is 22.8 Å². The van der Waals surface area contributed by atoms with Gasteiger partial charge in [-0.2, -0.15) is 0 Å². The van der Waals surface area contributed by atoms with Crippen molar-refractivity contribution in [2.24, 2.45) is 0 Å². The van der Waals surface area contributed by atoms with Gasteiger partial charge in [0, 0.05) is 24.4 Å². The average molecular weight is 498 g/mol. The summed E-state index contributed by atoms with van der Waals surface area (Å²) >= 11 is 0. The van der Waals surface area contributed by atoms with E-state index < -0.39 is 15.9 Å². The van der Waals surface area contributed by atoms with Crippen LogP contribution >= 0.6 is 0 Å². The van der Waals surface area contributed by atoms with Gasteiger partial charge in [0.05, 0.1) is 38.3 Å². The molecule has 0 unspecified atom stereocenters. The number of sulfonamides is 1. The van der Waals surface area contributed by atoms with Gasteiger partial charge in [0.2, 0.25) is 15.9 Å². The number of carbonyl (C=O) groups excluding carboxylic acids is 2. The van der Waals surface area contributed by atoms with Crippen molar-refractivity contribution >= 4 is 38.9 Å². The molecule has 0 aliphatic rings. The number of methoxy groups -OCH3 is 2. The van der Waals surface area contributed by atoms with Gasteiger partial charge in [-0.1, -0.05) is 30.3 Å². The SMILES string of the molecule is COc1cc(C(=O)Nc2ccc(NC(C)=O)cc2)c(N(Cc2ccccc2)S(C)(=O)=O)cc1OC. The van der Waals surface area contributed by atoms with E-state index in [4.69, 9.17) is 9.47 Å². The van der Waals surface area contributed by atoms with Crippen LogP contribution in [0.3, 0.4) is 0 Å². The van der Waals surface area contributed by atoms with Crippen molar-refractivity contribution < 1.29 is 27.5 Å². The monoisotopic (exact) mass is 497 g/mol. The fraction of sp³-hybridized carbons (Fsp3) is 0.200. The number of nitrogens with zero attached hydrogens (tertiary/aromatic N) is 1. The van der Waals surface area contributed by atoms with Crippen LogP contribution in [0.15, 0.2) is 66.7 Å². The molecule has 35 heavy (non-hydrogen) atoms. The highest BCUT2D eigenvalue weighted by Crippen LogP contribution is 2.37. The number of hydrogen-bond acceptors (Lipinski definition) is 6. The molecule has 0 bridgehead atoms. The van der Waals surface area contributed by atoms with Gasteiger partial charge in [0.1, 0.15) is 0 Å². The van der Waals surface area contributed by atoms with E-state index in [2.05, 4.69) is 10.6 Å². The zero-order valence-corrected chi connectivity index (χ0v) is 20.7. The molecule has 0 spiro atoms. The highest BCUT2D eigenvalue weighted by molar-refractivity contribution is 7.92. The summed E-state index contributed by atoms with van der Waals surface area (Å²) in [5.74, 6) is -0.207. The van der Waals surface area contributed by atoms with Crippen molar-refractivity contribution in [2.45, 2.75) is 13.5 Å². The number of ether oxygens (including phenoxy) is 2. The minimum absolute atomic E-state index is 0.0147. The van der Waals surface area contributed by atoms with Gasteiger partial charge in [-0.25, -0.2) is 8.42 Å². The van der Waals surface area contributed by atoms with Gasteiger partial charge in [0.25, 0.3) is 5.91 Å². The molecule has 0 saturated heterocycles. The smallest absolute Gasteiger partial charge is 0.257 e. The Morgan fingerprint density at radius 2 is 1.40 bits per heavy atom. The van der Waals surface area contributed by atoms with E-state index in [1.165, 1.54) is 33.3 Å². The van der Waals surface area contributed by atoms with Crippen molar-refractivity contribution in [3.8, 4) is 11.5 Å². The Balaban J connectivity index is 2.05. The highest BCUT2D eigenvalue weighted by Gasteiger charge is 2.26. The van der Waals surface area contributed by atoms with Crippen LogP contribution in [0.5, 0.6) is 11.5 Å². The Labute approximate surface area is 204 Å². The highest BCUT2D eigenvalue weighted by atomic mass is 32.2. The zero-order valence-electron chi connectivity index (χ0n) is 19.9. The zero-order chi connectivity index (χ0) is 25.6. The number of benzene rings is 3. The summed E-state index contributed by atoms with van der Waals surface area (Å²) in [5.41, 5.74) is 2.00. The number of nitrogens with one attached hydrogen (secondary N) is 2. The van der Waals surface area contributed by atoms with E-state index in [1.54, 1.807) is 36.4 Å². The van der Waals surface area contributed by atoms with Crippen LogP contribution in [-0.2, 0) is 21.4 Å². The van der Waals surface area contributed by atoms with Gasteiger partial charge in [-0.05, 0) is 35.9 Å². The fourth-order valence-electron chi connectivity index (χ4n) is 3.43. The van der Waals surface area contributed by atoms with E-state index in [9.17, 15) is 18.0 Å². The lowest BCUT2D eigenvalue weighted by molar-refractivity contribution is -0.114. The van der Waals surface area contributed by atoms with Crippen molar-refractivity contribution in [1.29, 1.82) is 0 Å². The third-order valence-corrected chi connectivity index (χ3v) is 6.17. The second-order valence-corrected chi connectivity index (χ2v) is 9.60. The molecule has 2 amide bonds. The maximum Gasteiger partial charge on any atom is 0.257 e. The summed E-state index contributed by atoms with van der Waals surface area (Å²) in [7, 11) is -0.931. The van der Waals surface area contributed by atoms with Crippen LogP contribution < -0.4 is 24.4 Å². The van der Waals surface area contributed by atoms with Gasteiger partial charge >= 0.3 is 0 Å². The summed E-state index contributed by atoms with van der Waals surface area (Å²) in [6, 6.07) is 18.5. The molecule has 0 heterocycles. The molecule has 3 aromatic carbocycles. The molecular formula is C25H27N3O6S. The summed E-state index contributed by atoms with van der Waals surface area (Å²) < 4.78 is 37.6. The molecule has 10 heteroatoms. The summed E-state index contributed by atoms with van der Waals surface area (Å²) in [4.78, 5) is 24.6. The standard InChI is InChI=1S/C25H27N3O6S/c1-17(29)26-19-10-12-20(13-11-19)27-25(30)21-14-23(33-2)24(34-3)15-22(21)28(35(4,31)32)16-18-8-6-5-7-9-18/h5-15H,16H2,1-4H3,(H,26,29)(H,27,30). The van der Waals surface area contributed by atoms with Gasteiger partial charge < -0.3 is 20.1 Å². The Morgan fingerprint density at radius 3 is 1.91 bits per heavy atom. The number of amides is 2. The molecule has 3 aromatic rings. The maximum absolute atomic E-state index is 13.4. The van der Waals surface area contributed by atoms with Crippen LogP contribution in [0.25, 0.3) is 0 Å². The van der Waals surface area contributed by atoms with E-state index in [0.717, 1.165) is 16.1 Å². The molecule has 0 atom stereocenters. The van der Waals surface area contributed by atoms with Crippen LogP contribution in [0.2, 0.25) is 0 Å². The van der Waals surface area contributed by atoms with E-state index >= 15 is 0 Å². The Bertz CT molecular complexity index is 1310. The van der Waals surface area contributed by atoms with Crippen LogP contribution in [0.4, 0.5) is 17.1 Å². The van der Waals surface area contributed by atoms with Gasteiger partial charge in [0.15, 0.2) is 11.5 Å². The third-order valence-electron chi connectivity index (χ3n) is 5.05. The third kappa shape index (κ3) is 6.51. The Kier molecular flexibility index (Phi) is 7.98. The minimum atomic E-state index is -3.79. The number of hydrogen-bond donors (Lipinski definition) is 2. The first-order valence-corrected chi connectivity index (χ1v) is 12.4. The summed E-state index contributed by atoms with van der Waals surface area (Å²) in [6.07, 6.45) is 1.08. The van der Waals surface area contributed by atoms with Crippen molar-refractivity contribution in [3.63, 3.8) is 0 Å². The molecule has 9 nitrogen and oxygen atoms in total. The van der Waals surface area contributed by atoms with Crippen molar-refractivity contribution in [3.05, 3.63) is 77.9 Å². The lowest BCUT2D eigenvalue weighted by Crippen LogP contribution is -2.31. The van der Waals surface area contributed by atoms with E-state index in [0.29, 0.717) is 11.4 Å². The molecule has 0 saturated carbocycles. The summed E-state index contributed by atoms with van der Waals surface area (Å²) in [5, 5.41) is 5.42. The predicted octanol–water partition coefficient (Wildman–Crippen LogP) is 3.88. The second-order valence-electron chi connectivity index (χ2n) is 7.69. The first kappa shape index (κ1) is 25.6. The van der Waals surface area contributed by atoms with Gasteiger partial charge in [-0.15, -0.1) is 0 Å². The van der Waals surface area contributed by atoms with E-state index in [-0.39, 0.29) is 35.2 Å². The fourth-order valence-corrected chi connectivity index (χ4v) is 4.32. The first-order chi connectivity index (χ1) is 16.6. The number of rotatable bonds is 9. The molecule has 2 N–H and O–H groups in total. The van der Waals surface area contributed by atoms with Crippen molar-refractivity contribution in [2.75, 3.05) is 35.4 Å². The Morgan fingerprint density at radius 1 is 0.857 bits per heavy atom. The summed E-state index contributed by atoms with van der Waals surface area (Å²) in [6.45, 7) is 1.41. The van der Waals surface area contributed by atoms with Crippen LogP contribution in [-0.4, -0.2) is 40.7 Å². The molecule has 0 radical (unpaired) electrons. The number of anilines is 3. The Hall–Kier alpha value is -4.05. The van der Waals surface area contributed by atoms with Gasteiger partial charge in [-0.3, -0.25) is 13.9 Å². The number of carbonyl (C=O) groups is 2. The predicted molar refractivity (Wildman–Crippen MR) is 136 cm³/mol. The molecule has 0 aliphatic carbocycles. The quantitative estimate of drug-likeness (QED) is 0.464. The lowest BCUT2D eigenvalue weighted by atomic mass is 10.1. The maximum atomic E-state index is 13.4. The molecule has 0 aromatic heterocycles. The molecule has 0 fully saturated rings. The first-order valence-electron chi connectivity index (χ1n) is 10.6. The molecule has 3 rings (SSSR count). The van der Waals surface area contributed by atoms with Crippen molar-refractivity contribution in [1.82, 2.24) is 0 Å². The largest absolute Gasteiger partial charge is 0.493 e. The van der Waals surface area contributed by atoms with Crippen LogP contribution in [0, 0.1) is 0 Å². The minimum Gasteiger partial charge on any atom is -0.493 e. The topological polar surface area (TPSA) is 114 Å².